The Bertz CT molecular complexity index is 1030. The fourth-order valence-electron chi connectivity index (χ4n) is 3.03. The van der Waals surface area contributed by atoms with Crippen LogP contribution in [0, 0.1) is 0 Å². The van der Waals surface area contributed by atoms with Crippen LogP contribution in [0.2, 0.25) is 0 Å². The molecule has 14 heteroatoms. The van der Waals surface area contributed by atoms with Crippen LogP contribution in [-0.2, 0) is 24.0 Å². The van der Waals surface area contributed by atoms with Gasteiger partial charge in [0.15, 0.2) is 5.71 Å². The van der Waals surface area contributed by atoms with Gasteiger partial charge in [0.1, 0.15) is 28.6 Å². The monoisotopic (exact) mass is 481 g/mol. The number of pyridine rings is 1. The molecule has 0 spiro atoms. The van der Waals surface area contributed by atoms with Crippen molar-refractivity contribution in [3.05, 3.63) is 34.5 Å². The number of nitrogen functional groups attached to an aromatic ring is 1. The highest BCUT2D eigenvalue weighted by atomic mass is 32.2. The molecule has 2 atom stereocenters. The second-order valence-corrected chi connectivity index (χ2v) is 8.89. The standard InChI is InChI=1S/C18H19N5O7S2/c1-2-31-9-7-32-17-13(16(27)23(17)14(9)18(28)29)21-15(26)12(22-30-6-11(24)25)8-4-3-5-10(19)20-8/h3-5,13,17H,2,6-7H2,1H3,(H2,19,20)(H,21,26)(H,24,25)(H,28,29)/t13?,17-/m0/s1. The normalized spacial score (nSPS) is 20.3. The van der Waals surface area contributed by atoms with Crippen LogP contribution < -0.4 is 11.1 Å². The molecule has 0 radical (unpaired) electrons. The minimum atomic E-state index is -1.30. The topological polar surface area (TPSA) is 185 Å². The number of nitrogens with one attached hydrogen (secondary N) is 1. The van der Waals surface area contributed by atoms with Crippen molar-refractivity contribution < 1.29 is 34.2 Å². The third-order valence-corrected chi connectivity index (χ3v) is 6.75. The molecule has 170 valence electrons. The largest absolute Gasteiger partial charge is 0.479 e. The van der Waals surface area contributed by atoms with Crippen LogP contribution in [0.25, 0.3) is 0 Å². The number of fused-ring (bicyclic) bond motifs is 1. The Balaban J connectivity index is 1.81. The highest BCUT2D eigenvalue weighted by Crippen LogP contribution is 2.43. The lowest BCUT2D eigenvalue weighted by Crippen LogP contribution is -2.71. The SMILES string of the molecule is CCSC1=C(C(=O)O)N2C(=O)C(NC(=O)C(=NOCC(=O)O)c3cccc(N)n3)[C@@H]2SC1. The average Bonchev–Trinajstić information content (AvgIpc) is 2.74. The van der Waals surface area contributed by atoms with Crippen LogP contribution in [0.4, 0.5) is 5.82 Å². The molecule has 2 aliphatic heterocycles. The van der Waals surface area contributed by atoms with E-state index in [1.807, 2.05) is 6.92 Å². The van der Waals surface area contributed by atoms with E-state index < -0.39 is 41.8 Å². The fourth-order valence-corrected chi connectivity index (χ4v) is 5.43. The summed E-state index contributed by atoms with van der Waals surface area (Å²) < 4.78 is 0. The second kappa shape index (κ2) is 9.91. The second-order valence-electron chi connectivity index (χ2n) is 6.43. The summed E-state index contributed by atoms with van der Waals surface area (Å²) in [6.45, 7) is 1.09. The first-order valence-electron chi connectivity index (χ1n) is 9.24. The Morgan fingerprint density at radius 3 is 2.78 bits per heavy atom. The summed E-state index contributed by atoms with van der Waals surface area (Å²) in [5.74, 6) is -2.80. The number of carboxylic acid groups (broad SMARTS) is 2. The van der Waals surface area contributed by atoms with Gasteiger partial charge >= 0.3 is 11.9 Å². The van der Waals surface area contributed by atoms with Crippen molar-refractivity contribution in [1.29, 1.82) is 0 Å². The number of anilines is 1. The smallest absolute Gasteiger partial charge is 0.353 e. The number of nitrogens with zero attached hydrogens (tertiary/aromatic N) is 3. The van der Waals surface area contributed by atoms with E-state index in [0.717, 1.165) is 4.90 Å². The lowest BCUT2D eigenvalue weighted by atomic mass is 10.0. The Morgan fingerprint density at radius 2 is 2.16 bits per heavy atom. The summed E-state index contributed by atoms with van der Waals surface area (Å²) in [4.78, 5) is 58.4. The van der Waals surface area contributed by atoms with Crippen LogP contribution in [0.1, 0.15) is 12.6 Å². The summed E-state index contributed by atoms with van der Waals surface area (Å²) in [6.07, 6.45) is 0. The van der Waals surface area contributed by atoms with Crippen LogP contribution in [0.3, 0.4) is 0 Å². The van der Waals surface area contributed by atoms with Gasteiger partial charge in [-0.25, -0.2) is 14.6 Å². The number of rotatable bonds is 9. The Hall–Kier alpha value is -3.26. The number of aliphatic carboxylic acids is 2. The molecule has 32 heavy (non-hydrogen) atoms. The predicted molar refractivity (Wildman–Crippen MR) is 117 cm³/mol. The number of aromatic nitrogens is 1. The van der Waals surface area contributed by atoms with E-state index in [4.69, 9.17) is 10.8 Å². The minimum Gasteiger partial charge on any atom is -0.479 e. The van der Waals surface area contributed by atoms with Gasteiger partial charge in [0.2, 0.25) is 6.61 Å². The lowest BCUT2D eigenvalue weighted by molar-refractivity contribution is -0.150. The van der Waals surface area contributed by atoms with Crippen molar-refractivity contribution >= 4 is 58.8 Å². The first-order chi connectivity index (χ1) is 15.2. The van der Waals surface area contributed by atoms with E-state index >= 15 is 0 Å². The van der Waals surface area contributed by atoms with E-state index in [2.05, 4.69) is 20.3 Å². The molecule has 1 unspecified atom stereocenters. The molecule has 1 saturated heterocycles. The molecule has 5 N–H and O–H groups in total. The number of carboxylic acids is 2. The van der Waals surface area contributed by atoms with Crippen molar-refractivity contribution in [3.63, 3.8) is 0 Å². The predicted octanol–water partition coefficient (Wildman–Crippen LogP) is -0.0817. The minimum absolute atomic E-state index is 0.0144. The van der Waals surface area contributed by atoms with Gasteiger partial charge in [0.05, 0.1) is 0 Å². The van der Waals surface area contributed by atoms with Crippen LogP contribution in [0.5, 0.6) is 0 Å². The number of oxime groups is 1. The van der Waals surface area contributed by atoms with E-state index in [1.165, 1.54) is 41.7 Å². The van der Waals surface area contributed by atoms with Crippen molar-refractivity contribution in [3.8, 4) is 0 Å². The molecule has 3 rings (SSSR count). The van der Waals surface area contributed by atoms with Crippen LogP contribution in [-0.4, -0.2) is 79.1 Å². The number of carbonyl (C=O) groups excluding carboxylic acids is 2. The van der Waals surface area contributed by atoms with Crippen molar-refractivity contribution in [1.82, 2.24) is 15.2 Å². The Kier molecular flexibility index (Phi) is 7.25. The zero-order valence-corrected chi connectivity index (χ0v) is 18.3. The van der Waals surface area contributed by atoms with Gasteiger partial charge in [-0.2, -0.15) is 0 Å². The molecule has 2 aliphatic rings. The van der Waals surface area contributed by atoms with Gasteiger partial charge in [0, 0.05) is 10.7 Å². The average molecular weight is 482 g/mol. The number of amides is 2. The maximum atomic E-state index is 12.9. The molecule has 0 saturated carbocycles. The van der Waals surface area contributed by atoms with Crippen molar-refractivity contribution in [2.24, 2.45) is 5.16 Å². The molecule has 1 fully saturated rings. The number of carbonyl (C=O) groups is 4. The van der Waals surface area contributed by atoms with Crippen molar-refractivity contribution in [2.45, 2.75) is 18.3 Å². The molecule has 0 aromatic carbocycles. The fraction of sp³-hybridized carbons (Fsp3) is 0.333. The summed E-state index contributed by atoms with van der Waals surface area (Å²) >= 11 is 2.69. The third-order valence-electron chi connectivity index (χ3n) is 4.31. The zero-order valence-electron chi connectivity index (χ0n) is 16.7. The molecular formula is C18H19N5O7S2. The maximum absolute atomic E-state index is 12.9. The molecule has 0 bridgehead atoms. The van der Waals surface area contributed by atoms with Crippen LogP contribution >= 0.6 is 23.5 Å². The number of nitrogens with two attached hydrogens (primary N) is 1. The summed E-state index contributed by atoms with van der Waals surface area (Å²) in [6, 6.07) is 3.42. The third kappa shape index (κ3) is 4.80. The molecule has 0 aliphatic carbocycles. The van der Waals surface area contributed by atoms with Crippen molar-refractivity contribution in [2.75, 3.05) is 23.8 Å². The van der Waals surface area contributed by atoms with E-state index in [-0.39, 0.29) is 22.9 Å². The van der Waals surface area contributed by atoms with E-state index in [0.29, 0.717) is 16.4 Å². The Morgan fingerprint density at radius 1 is 1.41 bits per heavy atom. The number of thioether (sulfide) groups is 2. The highest BCUT2D eigenvalue weighted by Gasteiger charge is 2.54. The van der Waals surface area contributed by atoms with Gasteiger partial charge in [-0.3, -0.25) is 14.5 Å². The van der Waals surface area contributed by atoms with Crippen LogP contribution in [0.15, 0.2) is 34.0 Å². The van der Waals surface area contributed by atoms with Gasteiger partial charge in [-0.1, -0.05) is 18.1 Å². The quantitative estimate of drug-likeness (QED) is 0.210. The maximum Gasteiger partial charge on any atom is 0.353 e. The summed E-state index contributed by atoms with van der Waals surface area (Å²) in [5.41, 5.74) is 5.21. The van der Waals surface area contributed by atoms with Gasteiger partial charge in [0.25, 0.3) is 11.8 Å². The number of hydrogen-bond acceptors (Lipinski definition) is 10. The summed E-state index contributed by atoms with van der Waals surface area (Å²) in [5, 5.41) is 23.8. The molecule has 1 aromatic rings. The number of hydrogen-bond donors (Lipinski definition) is 4. The molecule has 1 aromatic heterocycles. The molecule has 2 amide bonds. The van der Waals surface area contributed by atoms with E-state index in [1.54, 1.807) is 0 Å². The summed E-state index contributed by atoms with van der Waals surface area (Å²) in [7, 11) is 0. The highest BCUT2D eigenvalue weighted by molar-refractivity contribution is 8.06. The van der Waals surface area contributed by atoms with Gasteiger partial charge in [-0.05, 0) is 17.9 Å². The van der Waals surface area contributed by atoms with Gasteiger partial charge < -0.3 is 26.1 Å². The zero-order chi connectivity index (χ0) is 23.4. The molecule has 12 nitrogen and oxygen atoms in total. The molecule has 3 heterocycles. The van der Waals surface area contributed by atoms with E-state index in [9.17, 15) is 24.3 Å². The molecular weight excluding hydrogens is 462 g/mol. The van der Waals surface area contributed by atoms with Gasteiger partial charge in [-0.15, -0.1) is 23.5 Å². The lowest BCUT2D eigenvalue weighted by Gasteiger charge is -2.49. The number of β-lactam (4-membered cyclic amide) rings is 1. The first-order valence-corrected chi connectivity index (χ1v) is 11.3. The first kappa shape index (κ1) is 23.4. The Labute approximate surface area is 190 Å².